The van der Waals surface area contributed by atoms with Crippen molar-refractivity contribution in [1.82, 2.24) is 10.2 Å². The zero-order valence-corrected chi connectivity index (χ0v) is 17.3. The van der Waals surface area contributed by atoms with E-state index in [0.717, 1.165) is 39.5 Å². The van der Waals surface area contributed by atoms with Gasteiger partial charge in [-0.05, 0) is 39.0 Å². The molecule has 1 aromatic carbocycles. The summed E-state index contributed by atoms with van der Waals surface area (Å²) in [7, 11) is -3.33. The summed E-state index contributed by atoms with van der Waals surface area (Å²) >= 11 is 0. The van der Waals surface area contributed by atoms with Crippen LogP contribution in [0.5, 0.6) is 0 Å². The molecule has 0 radical (unpaired) electrons. The van der Waals surface area contributed by atoms with E-state index in [2.05, 4.69) is 31.4 Å². The fraction of sp³-hybridized carbons (Fsp3) is 0.263. The maximum absolute atomic E-state index is 11.9. The van der Waals surface area contributed by atoms with E-state index in [4.69, 9.17) is 0 Å². The molecule has 1 unspecified atom stereocenters. The number of rotatable bonds is 6. The summed E-state index contributed by atoms with van der Waals surface area (Å²) in [6, 6.07) is 9.27. The van der Waals surface area contributed by atoms with Crippen molar-refractivity contribution < 1.29 is 13.3 Å². The SMILES string of the molecule is CCS(=O)(=O)Nc1cccc(N2C=C(Nc3cc(C)[nH]n3)[NH+]3C=C(C)N=C3C2)c1. The number of aromatic amines is 1. The molecule has 10 heteroatoms. The van der Waals surface area contributed by atoms with E-state index in [0.29, 0.717) is 12.2 Å². The highest BCUT2D eigenvalue weighted by atomic mass is 32.2. The fourth-order valence-corrected chi connectivity index (χ4v) is 3.90. The lowest BCUT2D eigenvalue weighted by atomic mass is 10.2. The monoisotopic (exact) mass is 414 g/mol. The molecule has 0 bridgehead atoms. The molecule has 0 saturated carbocycles. The van der Waals surface area contributed by atoms with Crippen molar-refractivity contribution in [2.75, 3.05) is 27.2 Å². The summed E-state index contributed by atoms with van der Waals surface area (Å²) in [5.41, 5.74) is 3.32. The van der Waals surface area contributed by atoms with Crippen LogP contribution in [0.2, 0.25) is 0 Å². The number of hydrogen-bond acceptors (Lipinski definition) is 6. The van der Waals surface area contributed by atoms with E-state index in [1.54, 1.807) is 13.0 Å². The molecule has 0 spiro atoms. The second kappa shape index (κ2) is 7.37. The van der Waals surface area contributed by atoms with E-state index in [1.807, 2.05) is 49.2 Å². The average molecular weight is 415 g/mol. The van der Waals surface area contributed by atoms with Crippen molar-refractivity contribution in [1.29, 1.82) is 0 Å². The van der Waals surface area contributed by atoms with Crippen LogP contribution < -0.4 is 19.8 Å². The van der Waals surface area contributed by atoms with Gasteiger partial charge in [-0.3, -0.25) is 15.1 Å². The van der Waals surface area contributed by atoms with Gasteiger partial charge in [-0.25, -0.2) is 13.3 Å². The Balaban J connectivity index is 1.66. The van der Waals surface area contributed by atoms with Crippen LogP contribution in [0.4, 0.5) is 17.2 Å². The van der Waals surface area contributed by atoms with E-state index in [-0.39, 0.29) is 5.75 Å². The summed E-state index contributed by atoms with van der Waals surface area (Å²) in [6.07, 6.45) is 4.05. The Hall–Kier alpha value is -3.11. The van der Waals surface area contributed by atoms with E-state index >= 15 is 0 Å². The Bertz CT molecular complexity index is 1130. The number of amidine groups is 1. The number of quaternary nitrogens is 1. The first-order valence-electron chi connectivity index (χ1n) is 9.34. The van der Waals surface area contributed by atoms with Gasteiger partial charge in [-0.2, -0.15) is 10.1 Å². The van der Waals surface area contributed by atoms with Crippen molar-refractivity contribution in [2.24, 2.45) is 4.99 Å². The van der Waals surface area contributed by atoms with Crippen LogP contribution in [-0.2, 0) is 10.0 Å². The Kier molecular flexibility index (Phi) is 4.89. The summed E-state index contributed by atoms with van der Waals surface area (Å²) in [5.74, 6) is 2.60. The lowest BCUT2D eigenvalue weighted by Crippen LogP contribution is -3.10. The minimum atomic E-state index is -3.33. The number of fused-ring (bicyclic) bond motifs is 1. The molecular weight excluding hydrogens is 390 g/mol. The standard InChI is InChI=1S/C19H23N7O2S/c1-4-29(27,28)24-15-6-5-7-16(9-15)25-11-18-20-14(3)10-26(18)19(12-25)21-17-8-13(2)22-23-17/h5-10,12,24H,4,11H2,1-3H3,(H2,21,22,23)/p+1. The predicted molar refractivity (Wildman–Crippen MR) is 114 cm³/mol. The van der Waals surface area contributed by atoms with Crippen LogP contribution in [0.25, 0.3) is 0 Å². The van der Waals surface area contributed by atoms with Crippen molar-refractivity contribution in [3.8, 4) is 0 Å². The van der Waals surface area contributed by atoms with E-state index in [9.17, 15) is 8.42 Å². The first-order chi connectivity index (χ1) is 13.8. The normalized spacial score (nSPS) is 18.7. The number of H-pyrrole nitrogens is 1. The van der Waals surface area contributed by atoms with Crippen molar-refractivity contribution in [3.63, 3.8) is 0 Å². The smallest absolute Gasteiger partial charge is 0.232 e. The van der Waals surface area contributed by atoms with Crippen LogP contribution >= 0.6 is 0 Å². The van der Waals surface area contributed by atoms with E-state index in [1.165, 1.54) is 0 Å². The van der Waals surface area contributed by atoms with Crippen LogP contribution in [0, 0.1) is 6.92 Å². The summed E-state index contributed by atoms with van der Waals surface area (Å²) in [6.45, 7) is 6.12. The molecule has 4 rings (SSSR count). The average Bonchev–Trinajstić information content (AvgIpc) is 3.26. The van der Waals surface area contributed by atoms with Gasteiger partial charge in [0.05, 0.1) is 23.3 Å². The number of benzene rings is 1. The maximum Gasteiger partial charge on any atom is 0.232 e. The summed E-state index contributed by atoms with van der Waals surface area (Å²) < 4.78 is 26.4. The third-order valence-corrected chi connectivity index (χ3v) is 5.98. The fourth-order valence-electron chi connectivity index (χ4n) is 3.27. The third-order valence-electron chi connectivity index (χ3n) is 4.67. The zero-order chi connectivity index (χ0) is 20.6. The minimum absolute atomic E-state index is 0.0259. The molecule has 0 amide bonds. The number of allylic oxidation sites excluding steroid dienone is 1. The second-order valence-electron chi connectivity index (χ2n) is 7.05. The number of nitrogens with zero attached hydrogens (tertiary/aromatic N) is 3. The minimum Gasteiger partial charge on any atom is -0.329 e. The van der Waals surface area contributed by atoms with Gasteiger partial charge in [0.2, 0.25) is 21.7 Å². The number of aryl methyl sites for hydroxylation is 1. The first kappa shape index (κ1) is 19.2. The molecule has 0 saturated heterocycles. The number of aliphatic imine (C=N–C) groups is 1. The molecule has 2 aliphatic heterocycles. The van der Waals surface area contributed by atoms with Crippen molar-refractivity contribution in [3.05, 3.63) is 59.9 Å². The molecule has 4 N–H and O–H groups in total. The molecule has 3 heterocycles. The Morgan fingerprint density at radius 3 is 2.83 bits per heavy atom. The number of nitrogens with one attached hydrogen (secondary N) is 4. The van der Waals surface area contributed by atoms with Gasteiger partial charge in [-0.15, -0.1) is 0 Å². The van der Waals surface area contributed by atoms with Gasteiger partial charge in [0, 0.05) is 17.4 Å². The lowest BCUT2D eigenvalue weighted by molar-refractivity contribution is -0.698. The lowest BCUT2D eigenvalue weighted by Gasteiger charge is -2.29. The topological polar surface area (TPSA) is 107 Å². The molecule has 29 heavy (non-hydrogen) atoms. The molecule has 2 aliphatic rings. The highest BCUT2D eigenvalue weighted by Gasteiger charge is 2.33. The summed E-state index contributed by atoms with van der Waals surface area (Å²) in [5, 5.41) is 10.5. The van der Waals surface area contributed by atoms with Gasteiger partial charge in [0.15, 0.2) is 5.82 Å². The zero-order valence-electron chi connectivity index (χ0n) is 16.5. The highest BCUT2D eigenvalue weighted by molar-refractivity contribution is 7.92. The molecule has 1 aromatic heterocycles. The maximum atomic E-state index is 11.9. The van der Waals surface area contributed by atoms with Gasteiger partial charge in [0.25, 0.3) is 0 Å². The molecular formula is C19H24N7O2S+. The number of hydrogen-bond donors (Lipinski definition) is 4. The molecule has 0 fully saturated rings. The molecule has 1 atom stereocenters. The van der Waals surface area contributed by atoms with Gasteiger partial charge < -0.3 is 4.90 Å². The van der Waals surface area contributed by atoms with Gasteiger partial charge in [0.1, 0.15) is 12.7 Å². The molecule has 2 aromatic rings. The Morgan fingerprint density at radius 2 is 2.10 bits per heavy atom. The predicted octanol–water partition coefficient (Wildman–Crippen LogP) is 1.37. The second-order valence-corrected chi connectivity index (χ2v) is 9.06. The number of sulfonamides is 1. The Labute approximate surface area is 169 Å². The van der Waals surface area contributed by atoms with Gasteiger partial charge >= 0.3 is 0 Å². The summed E-state index contributed by atoms with van der Waals surface area (Å²) in [4.78, 5) is 7.74. The Morgan fingerprint density at radius 1 is 1.28 bits per heavy atom. The molecule has 0 aliphatic carbocycles. The largest absolute Gasteiger partial charge is 0.329 e. The quantitative estimate of drug-likeness (QED) is 0.571. The first-order valence-corrected chi connectivity index (χ1v) is 11.0. The third kappa shape index (κ3) is 4.17. The highest BCUT2D eigenvalue weighted by Crippen LogP contribution is 2.23. The number of aromatic nitrogens is 2. The van der Waals surface area contributed by atoms with Crippen LogP contribution in [0.1, 0.15) is 19.5 Å². The molecule has 152 valence electrons. The van der Waals surface area contributed by atoms with Crippen LogP contribution in [0.3, 0.4) is 0 Å². The van der Waals surface area contributed by atoms with Crippen LogP contribution in [0.15, 0.2) is 59.2 Å². The molecule has 9 nitrogen and oxygen atoms in total. The van der Waals surface area contributed by atoms with Crippen molar-refractivity contribution >= 4 is 33.1 Å². The van der Waals surface area contributed by atoms with E-state index < -0.39 is 10.0 Å². The van der Waals surface area contributed by atoms with Gasteiger partial charge in [-0.1, -0.05) is 6.07 Å². The van der Waals surface area contributed by atoms with Crippen molar-refractivity contribution in [2.45, 2.75) is 20.8 Å². The number of anilines is 3. The van der Waals surface area contributed by atoms with Crippen LogP contribution in [-0.4, -0.2) is 36.7 Å².